The van der Waals surface area contributed by atoms with Gasteiger partial charge in [0.1, 0.15) is 5.82 Å². The van der Waals surface area contributed by atoms with E-state index in [2.05, 4.69) is 5.32 Å². The molecule has 0 bridgehead atoms. The summed E-state index contributed by atoms with van der Waals surface area (Å²) in [5, 5.41) is 2.47. The molecule has 0 aliphatic rings. The van der Waals surface area contributed by atoms with Crippen LogP contribution in [-0.4, -0.2) is 30.1 Å². The number of halogens is 2. The number of anilines is 1. The maximum absolute atomic E-state index is 13.0. The van der Waals surface area contributed by atoms with E-state index in [0.29, 0.717) is 10.6 Å². The molecule has 2 rings (SSSR count). The first-order valence-electron chi connectivity index (χ1n) is 7.29. The third-order valence-electron chi connectivity index (χ3n) is 3.02. The zero-order valence-electron chi connectivity index (χ0n) is 13.3. The van der Waals surface area contributed by atoms with E-state index < -0.39 is 30.2 Å². The molecule has 0 heterocycles. The molecule has 0 aromatic heterocycles. The number of hydrogen-bond donors (Lipinski definition) is 2. The molecular formula is C17H14ClFN2O4S. The average molecular weight is 397 g/mol. The van der Waals surface area contributed by atoms with E-state index in [0.717, 1.165) is 12.1 Å². The van der Waals surface area contributed by atoms with E-state index in [4.69, 9.17) is 22.1 Å². The monoisotopic (exact) mass is 396 g/mol. The predicted octanol–water partition coefficient (Wildman–Crippen LogP) is 2.85. The molecule has 3 N–H and O–H groups in total. The van der Waals surface area contributed by atoms with Crippen LogP contribution in [0.3, 0.4) is 0 Å². The lowest BCUT2D eigenvalue weighted by Gasteiger charge is -2.11. The van der Waals surface area contributed by atoms with Gasteiger partial charge in [-0.15, -0.1) is 11.8 Å². The number of amides is 2. The Labute approximate surface area is 157 Å². The Kier molecular flexibility index (Phi) is 6.99. The Morgan fingerprint density at radius 1 is 1.19 bits per heavy atom. The van der Waals surface area contributed by atoms with Crippen molar-refractivity contribution < 1.29 is 23.5 Å². The number of benzene rings is 2. The summed E-state index contributed by atoms with van der Waals surface area (Å²) in [4.78, 5) is 35.4. The molecule has 0 unspecified atom stereocenters. The van der Waals surface area contributed by atoms with Gasteiger partial charge in [-0.25, -0.2) is 9.18 Å². The zero-order chi connectivity index (χ0) is 19.1. The molecule has 0 saturated carbocycles. The van der Waals surface area contributed by atoms with Gasteiger partial charge in [0, 0.05) is 4.90 Å². The van der Waals surface area contributed by atoms with Gasteiger partial charge in [0.25, 0.3) is 5.91 Å². The summed E-state index contributed by atoms with van der Waals surface area (Å²) < 4.78 is 17.9. The number of hydrogen-bond acceptors (Lipinski definition) is 5. The number of rotatable bonds is 7. The molecule has 136 valence electrons. The Morgan fingerprint density at radius 2 is 1.92 bits per heavy atom. The molecule has 0 fully saturated rings. The van der Waals surface area contributed by atoms with Gasteiger partial charge >= 0.3 is 5.97 Å². The molecule has 0 saturated heterocycles. The van der Waals surface area contributed by atoms with E-state index >= 15 is 0 Å². The van der Waals surface area contributed by atoms with Gasteiger partial charge in [-0.05, 0) is 30.3 Å². The third kappa shape index (κ3) is 5.75. The number of carbonyl (C=O) groups is 3. The second-order valence-electron chi connectivity index (χ2n) is 5.00. The Balaban J connectivity index is 1.95. The molecule has 9 heteroatoms. The van der Waals surface area contributed by atoms with E-state index in [1.54, 1.807) is 24.3 Å². The summed E-state index contributed by atoms with van der Waals surface area (Å²) in [5.41, 5.74) is 5.53. The van der Waals surface area contributed by atoms with Gasteiger partial charge in [0.2, 0.25) is 5.91 Å². The highest BCUT2D eigenvalue weighted by atomic mass is 35.5. The van der Waals surface area contributed by atoms with Crippen LogP contribution in [0.15, 0.2) is 47.4 Å². The number of ether oxygens (including phenoxy) is 1. The fourth-order valence-electron chi connectivity index (χ4n) is 1.89. The van der Waals surface area contributed by atoms with Crippen LogP contribution in [0.1, 0.15) is 10.4 Å². The highest BCUT2D eigenvalue weighted by Gasteiger charge is 2.15. The molecule has 6 nitrogen and oxygen atoms in total. The van der Waals surface area contributed by atoms with Crippen molar-refractivity contribution in [2.24, 2.45) is 5.73 Å². The summed E-state index contributed by atoms with van der Waals surface area (Å²) in [6.07, 6.45) is 0. The van der Waals surface area contributed by atoms with E-state index in [-0.39, 0.29) is 16.3 Å². The van der Waals surface area contributed by atoms with Crippen LogP contribution in [0, 0.1) is 5.82 Å². The van der Waals surface area contributed by atoms with Gasteiger partial charge in [-0.3, -0.25) is 9.59 Å². The number of thioether (sulfide) groups is 1. The lowest BCUT2D eigenvalue weighted by molar-refractivity contribution is -0.119. The molecule has 0 atom stereocenters. The summed E-state index contributed by atoms with van der Waals surface area (Å²) in [6.45, 7) is -0.554. The van der Waals surface area contributed by atoms with Crippen LogP contribution >= 0.6 is 23.4 Å². The molecule has 0 radical (unpaired) electrons. The Hall–Kier alpha value is -2.58. The molecular weight excluding hydrogens is 383 g/mol. The summed E-state index contributed by atoms with van der Waals surface area (Å²) in [7, 11) is 0. The number of esters is 1. The number of para-hydroxylation sites is 1. The smallest absolute Gasteiger partial charge is 0.340 e. The van der Waals surface area contributed by atoms with Crippen molar-refractivity contribution in [3.8, 4) is 0 Å². The minimum absolute atomic E-state index is 0.0433. The minimum atomic E-state index is -0.846. The summed E-state index contributed by atoms with van der Waals surface area (Å²) in [6, 6.07) is 10.0. The molecule has 26 heavy (non-hydrogen) atoms. The lowest BCUT2D eigenvalue weighted by Crippen LogP contribution is -2.21. The van der Waals surface area contributed by atoms with Crippen LogP contribution in [0.5, 0.6) is 0 Å². The average Bonchev–Trinajstić information content (AvgIpc) is 2.59. The number of primary amides is 1. The van der Waals surface area contributed by atoms with E-state index in [1.807, 2.05) is 0 Å². The number of nitrogens with one attached hydrogen (secondary N) is 1. The van der Waals surface area contributed by atoms with Crippen LogP contribution in [0.25, 0.3) is 0 Å². The minimum Gasteiger partial charge on any atom is -0.452 e. The van der Waals surface area contributed by atoms with Gasteiger partial charge in [0.05, 0.1) is 22.0 Å². The van der Waals surface area contributed by atoms with E-state index in [1.165, 1.54) is 17.8 Å². The maximum Gasteiger partial charge on any atom is 0.340 e. The van der Waals surface area contributed by atoms with Crippen molar-refractivity contribution in [3.63, 3.8) is 0 Å². The van der Waals surface area contributed by atoms with Gasteiger partial charge in [-0.2, -0.15) is 0 Å². The van der Waals surface area contributed by atoms with Gasteiger partial charge in [0.15, 0.2) is 6.61 Å². The first-order valence-corrected chi connectivity index (χ1v) is 8.65. The van der Waals surface area contributed by atoms with Crippen LogP contribution in [0.4, 0.5) is 10.1 Å². The largest absolute Gasteiger partial charge is 0.452 e. The fraction of sp³-hybridized carbons (Fsp3) is 0.118. The van der Waals surface area contributed by atoms with Crippen LogP contribution in [-0.2, 0) is 14.3 Å². The second kappa shape index (κ2) is 9.21. The van der Waals surface area contributed by atoms with E-state index in [9.17, 15) is 18.8 Å². The van der Waals surface area contributed by atoms with Crippen molar-refractivity contribution in [2.75, 3.05) is 17.7 Å². The Morgan fingerprint density at radius 3 is 2.62 bits per heavy atom. The molecule has 2 aromatic carbocycles. The summed E-state index contributed by atoms with van der Waals surface area (Å²) >= 11 is 6.94. The molecule has 0 aliphatic heterocycles. The third-order valence-corrected chi connectivity index (χ3v) is 4.43. The van der Waals surface area contributed by atoms with Crippen LogP contribution < -0.4 is 11.1 Å². The second-order valence-corrected chi connectivity index (χ2v) is 6.42. The predicted molar refractivity (Wildman–Crippen MR) is 96.7 cm³/mol. The van der Waals surface area contributed by atoms with Crippen molar-refractivity contribution in [3.05, 3.63) is 58.9 Å². The maximum atomic E-state index is 13.0. The SMILES string of the molecule is NC(=O)CSc1ccccc1NC(=O)COC(=O)c1ccc(F)cc1Cl. The molecule has 2 aromatic rings. The number of nitrogens with two attached hydrogens (primary N) is 1. The normalized spacial score (nSPS) is 10.2. The lowest BCUT2D eigenvalue weighted by atomic mass is 10.2. The van der Waals surface area contributed by atoms with Crippen LogP contribution in [0.2, 0.25) is 5.02 Å². The van der Waals surface area contributed by atoms with Crippen molar-refractivity contribution in [2.45, 2.75) is 4.90 Å². The van der Waals surface area contributed by atoms with Gasteiger partial charge in [-0.1, -0.05) is 23.7 Å². The Bertz CT molecular complexity index is 847. The van der Waals surface area contributed by atoms with Crippen molar-refractivity contribution in [1.29, 1.82) is 0 Å². The fourth-order valence-corrected chi connectivity index (χ4v) is 2.89. The standard InChI is InChI=1S/C17H14ClFN2O4S/c18-12-7-10(19)5-6-11(12)17(24)25-8-16(23)21-13-3-1-2-4-14(13)26-9-15(20)22/h1-7H,8-9H2,(H2,20,22)(H,21,23). The first kappa shape index (κ1) is 19.7. The topological polar surface area (TPSA) is 98.5 Å². The summed E-state index contributed by atoms with van der Waals surface area (Å²) in [5.74, 6) is -2.44. The number of carbonyl (C=O) groups excluding carboxylic acids is 3. The van der Waals surface area contributed by atoms with Crippen molar-refractivity contribution in [1.82, 2.24) is 0 Å². The van der Waals surface area contributed by atoms with Gasteiger partial charge < -0.3 is 15.8 Å². The quantitative estimate of drug-likeness (QED) is 0.554. The highest BCUT2D eigenvalue weighted by molar-refractivity contribution is 8.00. The molecule has 2 amide bonds. The zero-order valence-corrected chi connectivity index (χ0v) is 14.9. The molecule has 0 spiro atoms. The first-order chi connectivity index (χ1) is 12.4. The molecule has 0 aliphatic carbocycles. The highest BCUT2D eigenvalue weighted by Crippen LogP contribution is 2.26. The van der Waals surface area contributed by atoms with Crippen molar-refractivity contribution >= 4 is 46.8 Å².